The maximum absolute atomic E-state index is 13.7. The monoisotopic (exact) mass is 361 g/mol. The summed E-state index contributed by atoms with van der Waals surface area (Å²) in [5.74, 6) is -0.430. The van der Waals surface area contributed by atoms with Crippen LogP contribution < -0.4 is 10.6 Å². The Balaban J connectivity index is 1.43. The number of hydrogen-bond acceptors (Lipinski definition) is 3. The van der Waals surface area contributed by atoms with Crippen LogP contribution in [0.5, 0.6) is 0 Å². The second-order valence-electron chi connectivity index (χ2n) is 6.03. The van der Waals surface area contributed by atoms with Crippen LogP contribution in [0.4, 0.5) is 14.2 Å². The molecule has 0 unspecified atom stereocenters. The van der Waals surface area contributed by atoms with Crippen molar-refractivity contribution >= 4 is 28.3 Å². The standard InChI is InChI=1S/C18H20FN3O2S/c19-15-5-2-1-4-14(15)17(23)22-9-7-13(8-10-22)12-20-18(24)21-16-6-3-11-25-16/h1-6,11,13H,7-10,12H2,(H2,20,21,24). The fraction of sp³-hybridized carbons (Fsp3) is 0.333. The number of benzene rings is 1. The number of rotatable bonds is 4. The molecule has 0 bridgehead atoms. The lowest BCUT2D eigenvalue weighted by Gasteiger charge is -2.32. The molecule has 0 aliphatic carbocycles. The lowest BCUT2D eigenvalue weighted by molar-refractivity contribution is 0.0686. The van der Waals surface area contributed by atoms with Crippen LogP contribution in [0.3, 0.4) is 0 Å². The van der Waals surface area contributed by atoms with E-state index in [1.807, 2.05) is 17.5 Å². The lowest BCUT2D eigenvalue weighted by Crippen LogP contribution is -2.42. The molecule has 25 heavy (non-hydrogen) atoms. The van der Waals surface area contributed by atoms with Crippen LogP contribution in [0, 0.1) is 11.7 Å². The van der Waals surface area contributed by atoms with Crippen molar-refractivity contribution in [3.8, 4) is 0 Å². The first-order valence-electron chi connectivity index (χ1n) is 8.25. The SMILES string of the molecule is O=C(NCC1CCN(C(=O)c2ccccc2F)CC1)Nc1cccs1. The molecule has 0 radical (unpaired) electrons. The third-order valence-corrected chi connectivity index (χ3v) is 5.10. The van der Waals surface area contributed by atoms with Crippen LogP contribution in [0.15, 0.2) is 41.8 Å². The molecule has 3 rings (SSSR count). The van der Waals surface area contributed by atoms with E-state index in [0.29, 0.717) is 25.6 Å². The second-order valence-corrected chi connectivity index (χ2v) is 6.98. The van der Waals surface area contributed by atoms with Crippen LogP contribution in [-0.4, -0.2) is 36.5 Å². The molecule has 132 valence electrons. The van der Waals surface area contributed by atoms with Gasteiger partial charge in [-0.25, -0.2) is 9.18 Å². The highest BCUT2D eigenvalue weighted by Gasteiger charge is 2.25. The molecule has 5 nitrogen and oxygen atoms in total. The smallest absolute Gasteiger partial charge is 0.319 e. The van der Waals surface area contributed by atoms with Crippen molar-refractivity contribution in [2.75, 3.05) is 25.0 Å². The highest BCUT2D eigenvalue weighted by molar-refractivity contribution is 7.14. The highest BCUT2D eigenvalue weighted by Crippen LogP contribution is 2.20. The average Bonchev–Trinajstić information content (AvgIpc) is 3.13. The first-order valence-corrected chi connectivity index (χ1v) is 9.13. The molecule has 0 atom stereocenters. The number of thiophene rings is 1. The fourth-order valence-corrected chi connectivity index (χ4v) is 3.50. The number of carbonyl (C=O) groups excluding carboxylic acids is 2. The summed E-state index contributed by atoms with van der Waals surface area (Å²) < 4.78 is 13.7. The number of piperidine rings is 1. The van der Waals surface area contributed by atoms with Crippen molar-refractivity contribution in [1.29, 1.82) is 0 Å². The maximum atomic E-state index is 13.7. The van der Waals surface area contributed by atoms with Gasteiger partial charge >= 0.3 is 6.03 Å². The molecule has 1 fully saturated rings. The minimum absolute atomic E-state index is 0.120. The fourth-order valence-electron chi connectivity index (χ4n) is 2.89. The molecule has 1 aliphatic heterocycles. The number of hydrogen-bond donors (Lipinski definition) is 2. The van der Waals surface area contributed by atoms with E-state index in [1.165, 1.54) is 23.5 Å². The van der Waals surface area contributed by atoms with E-state index in [-0.39, 0.29) is 17.5 Å². The van der Waals surface area contributed by atoms with Crippen molar-refractivity contribution in [3.63, 3.8) is 0 Å². The Morgan fingerprint density at radius 3 is 2.60 bits per heavy atom. The number of amides is 3. The van der Waals surface area contributed by atoms with E-state index in [4.69, 9.17) is 0 Å². The zero-order valence-electron chi connectivity index (χ0n) is 13.7. The summed E-state index contributed by atoms with van der Waals surface area (Å²) in [6.07, 6.45) is 1.58. The average molecular weight is 361 g/mol. The number of urea groups is 1. The van der Waals surface area contributed by atoms with Gasteiger partial charge in [0.2, 0.25) is 0 Å². The summed E-state index contributed by atoms with van der Waals surface area (Å²) >= 11 is 1.47. The molecule has 1 aliphatic rings. The lowest BCUT2D eigenvalue weighted by atomic mass is 9.96. The molecule has 0 saturated carbocycles. The zero-order chi connectivity index (χ0) is 17.6. The summed E-state index contributed by atoms with van der Waals surface area (Å²) in [7, 11) is 0. The number of halogens is 1. The first kappa shape index (κ1) is 17.4. The van der Waals surface area contributed by atoms with Gasteiger partial charge in [-0.3, -0.25) is 10.1 Å². The summed E-state index contributed by atoms with van der Waals surface area (Å²) in [4.78, 5) is 25.9. The van der Waals surface area contributed by atoms with Crippen molar-refractivity contribution < 1.29 is 14.0 Å². The van der Waals surface area contributed by atoms with Crippen LogP contribution >= 0.6 is 11.3 Å². The Kier molecular flexibility index (Phi) is 5.65. The minimum Gasteiger partial charge on any atom is -0.339 e. The summed E-state index contributed by atoms with van der Waals surface area (Å²) in [5.41, 5.74) is 0.120. The van der Waals surface area contributed by atoms with E-state index in [2.05, 4.69) is 10.6 Å². The number of nitrogens with one attached hydrogen (secondary N) is 2. The van der Waals surface area contributed by atoms with Crippen LogP contribution in [0.2, 0.25) is 0 Å². The molecular weight excluding hydrogens is 341 g/mol. The summed E-state index contributed by atoms with van der Waals surface area (Å²) in [6, 6.07) is 9.56. The largest absolute Gasteiger partial charge is 0.339 e. The van der Waals surface area contributed by atoms with E-state index >= 15 is 0 Å². The van der Waals surface area contributed by atoms with E-state index in [0.717, 1.165) is 17.8 Å². The van der Waals surface area contributed by atoms with Crippen molar-refractivity contribution in [2.45, 2.75) is 12.8 Å². The molecule has 2 heterocycles. The minimum atomic E-state index is -0.485. The molecule has 7 heteroatoms. The van der Waals surface area contributed by atoms with E-state index in [1.54, 1.807) is 17.0 Å². The molecule has 1 saturated heterocycles. The quantitative estimate of drug-likeness (QED) is 0.875. The molecule has 2 aromatic rings. The van der Waals surface area contributed by atoms with Gasteiger partial charge < -0.3 is 10.2 Å². The van der Waals surface area contributed by atoms with E-state index in [9.17, 15) is 14.0 Å². The Morgan fingerprint density at radius 2 is 1.92 bits per heavy atom. The number of nitrogens with zero attached hydrogens (tertiary/aromatic N) is 1. The predicted molar refractivity (Wildman–Crippen MR) is 96.4 cm³/mol. The molecule has 1 aromatic carbocycles. The van der Waals surface area contributed by atoms with E-state index < -0.39 is 5.82 Å². The van der Waals surface area contributed by atoms with Crippen molar-refractivity contribution in [3.05, 3.63) is 53.2 Å². The second kappa shape index (κ2) is 8.11. The number of likely N-dealkylation sites (tertiary alicyclic amines) is 1. The first-order chi connectivity index (χ1) is 12.1. The van der Waals surface area contributed by atoms with Crippen LogP contribution in [0.25, 0.3) is 0 Å². The van der Waals surface area contributed by atoms with Gasteiger partial charge in [-0.15, -0.1) is 11.3 Å². The van der Waals surface area contributed by atoms with Crippen molar-refractivity contribution in [1.82, 2.24) is 10.2 Å². The number of anilines is 1. The van der Waals surface area contributed by atoms with Crippen molar-refractivity contribution in [2.24, 2.45) is 5.92 Å². The summed E-state index contributed by atoms with van der Waals surface area (Å²) in [6.45, 7) is 1.72. The molecule has 1 aromatic heterocycles. The van der Waals surface area contributed by atoms with Gasteiger partial charge in [-0.05, 0) is 48.4 Å². The number of carbonyl (C=O) groups is 2. The van der Waals surface area contributed by atoms with Gasteiger partial charge in [0.25, 0.3) is 5.91 Å². The normalized spacial score (nSPS) is 15.0. The molecular formula is C18H20FN3O2S. The molecule has 2 N–H and O–H groups in total. The topological polar surface area (TPSA) is 61.4 Å². The van der Waals surface area contributed by atoms with Gasteiger partial charge in [-0.2, -0.15) is 0 Å². The van der Waals surface area contributed by atoms with Crippen LogP contribution in [0.1, 0.15) is 23.2 Å². The van der Waals surface area contributed by atoms with Gasteiger partial charge in [-0.1, -0.05) is 12.1 Å². The molecule has 0 spiro atoms. The third kappa shape index (κ3) is 4.57. The zero-order valence-corrected chi connectivity index (χ0v) is 14.5. The summed E-state index contributed by atoms with van der Waals surface area (Å²) in [5, 5.41) is 8.36. The van der Waals surface area contributed by atoms with Gasteiger partial charge in [0.15, 0.2) is 0 Å². The Labute approximate surface area is 149 Å². The van der Waals surface area contributed by atoms with Gasteiger partial charge in [0.05, 0.1) is 10.6 Å². The van der Waals surface area contributed by atoms with Crippen LogP contribution in [-0.2, 0) is 0 Å². The Morgan fingerprint density at radius 1 is 1.16 bits per heavy atom. The maximum Gasteiger partial charge on any atom is 0.319 e. The predicted octanol–water partition coefficient (Wildman–Crippen LogP) is 3.56. The van der Waals surface area contributed by atoms with Gasteiger partial charge in [0.1, 0.15) is 5.82 Å². The molecule has 3 amide bonds. The highest BCUT2D eigenvalue weighted by atomic mass is 32.1. The Hall–Kier alpha value is -2.41. The van der Waals surface area contributed by atoms with Gasteiger partial charge in [0, 0.05) is 19.6 Å². The third-order valence-electron chi connectivity index (χ3n) is 4.32. The Bertz CT molecular complexity index is 728.